The van der Waals surface area contributed by atoms with Gasteiger partial charge in [-0.15, -0.1) is 0 Å². The largest absolute Gasteiger partial charge is 0.348 e. The number of benzene rings is 1. The highest BCUT2D eigenvalue weighted by molar-refractivity contribution is 7.99. The molecule has 2 saturated heterocycles. The van der Waals surface area contributed by atoms with Gasteiger partial charge in [-0.05, 0) is 68.6 Å². The van der Waals surface area contributed by atoms with Crippen molar-refractivity contribution in [1.82, 2.24) is 10.2 Å². The molecule has 0 bridgehead atoms. The van der Waals surface area contributed by atoms with Gasteiger partial charge in [-0.3, -0.25) is 14.5 Å². The van der Waals surface area contributed by atoms with E-state index in [9.17, 15) is 14.0 Å². The normalized spacial score (nSPS) is 21.5. The maximum Gasteiger partial charge on any atom is 0.313 e. The zero-order valence-corrected chi connectivity index (χ0v) is 15.9. The molecule has 7 heteroatoms. The molecule has 0 aromatic heterocycles. The number of hydrogen-bond acceptors (Lipinski definition) is 4. The van der Waals surface area contributed by atoms with Crippen molar-refractivity contribution in [2.75, 3.05) is 36.5 Å². The zero-order chi connectivity index (χ0) is 18.5. The Kier molecular flexibility index (Phi) is 6.53. The Morgan fingerprint density at radius 3 is 2.65 bits per heavy atom. The summed E-state index contributed by atoms with van der Waals surface area (Å²) >= 11 is 2.03. The highest BCUT2D eigenvalue weighted by atomic mass is 32.2. The first-order chi connectivity index (χ1) is 12.5. The summed E-state index contributed by atoms with van der Waals surface area (Å²) in [6.07, 6.45) is 3.38. The second-order valence-electron chi connectivity index (χ2n) is 7.12. The van der Waals surface area contributed by atoms with Gasteiger partial charge < -0.3 is 10.6 Å². The van der Waals surface area contributed by atoms with Gasteiger partial charge in [-0.2, -0.15) is 11.8 Å². The Hall–Kier alpha value is -1.60. The third-order valence-electron chi connectivity index (χ3n) is 5.26. The number of carbonyl (C=O) groups excluding carboxylic acids is 2. The standard InChI is InChI=1S/C19H26FN3O2S/c1-13-2-3-15(10-17(13)20)22-19(25)18(24)21-11-14-4-7-23(8-5-14)16-6-9-26-12-16/h2-3,10,14,16H,4-9,11-12H2,1H3,(H,21,24)(H,22,25)/t16-/m0/s1. The maximum atomic E-state index is 13.5. The number of carbonyl (C=O) groups is 2. The maximum absolute atomic E-state index is 13.5. The summed E-state index contributed by atoms with van der Waals surface area (Å²) in [5, 5.41) is 5.16. The van der Waals surface area contributed by atoms with E-state index in [0.717, 1.165) is 32.0 Å². The van der Waals surface area contributed by atoms with Crippen molar-refractivity contribution in [2.45, 2.75) is 32.2 Å². The molecule has 1 aromatic carbocycles. The first-order valence-electron chi connectivity index (χ1n) is 9.20. The van der Waals surface area contributed by atoms with Crippen LogP contribution < -0.4 is 10.6 Å². The van der Waals surface area contributed by atoms with Crippen molar-refractivity contribution in [3.8, 4) is 0 Å². The molecule has 0 saturated carbocycles. The minimum Gasteiger partial charge on any atom is -0.348 e. The molecule has 2 amide bonds. The van der Waals surface area contributed by atoms with Crippen LogP contribution in [0.5, 0.6) is 0 Å². The Bertz CT molecular complexity index is 656. The molecule has 2 fully saturated rings. The summed E-state index contributed by atoms with van der Waals surface area (Å²) in [5.41, 5.74) is 0.783. The molecule has 2 aliphatic rings. The molecule has 0 aliphatic carbocycles. The third kappa shape index (κ3) is 4.98. The van der Waals surface area contributed by atoms with Crippen LogP contribution in [0.4, 0.5) is 10.1 Å². The van der Waals surface area contributed by atoms with Crippen LogP contribution in [-0.2, 0) is 9.59 Å². The minimum atomic E-state index is -0.756. The van der Waals surface area contributed by atoms with E-state index in [1.54, 1.807) is 19.1 Å². The van der Waals surface area contributed by atoms with Gasteiger partial charge in [0.05, 0.1) is 0 Å². The monoisotopic (exact) mass is 379 g/mol. The van der Waals surface area contributed by atoms with Crippen molar-refractivity contribution in [3.63, 3.8) is 0 Å². The lowest BCUT2D eigenvalue weighted by molar-refractivity contribution is -0.136. The number of piperidine rings is 1. The van der Waals surface area contributed by atoms with Crippen LogP contribution in [0.3, 0.4) is 0 Å². The fourth-order valence-corrected chi connectivity index (χ4v) is 4.76. The number of amides is 2. The molecule has 0 spiro atoms. The molecule has 26 heavy (non-hydrogen) atoms. The van der Waals surface area contributed by atoms with Gasteiger partial charge in [0.1, 0.15) is 5.82 Å². The SMILES string of the molecule is Cc1ccc(NC(=O)C(=O)NCC2CCN([C@H]3CCSC3)CC2)cc1F. The van der Waals surface area contributed by atoms with E-state index < -0.39 is 17.6 Å². The average molecular weight is 380 g/mol. The second kappa shape index (κ2) is 8.86. The van der Waals surface area contributed by atoms with E-state index in [2.05, 4.69) is 15.5 Å². The van der Waals surface area contributed by atoms with Crippen LogP contribution >= 0.6 is 11.8 Å². The Morgan fingerprint density at radius 1 is 1.23 bits per heavy atom. The van der Waals surface area contributed by atoms with Crippen molar-refractivity contribution >= 4 is 29.3 Å². The van der Waals surface area contributed by atoms with Crippen LogP contribution in [0.25, 0.3) is 0 Å². The molecule has 3 rings (SSSR count). The molecule has 142 valence electrons. The van der Waals surface area contributed by atoms with Gasteiger partial charge in [0.15, 0.2) is 0 Å². The predicted octanol–water partition coefficient (Wildman–Crippen LogP) is 2.41. The van der Waals surface area contributed by atoms with Crippen LogP contribution in [0.2, 0.25) is 0 Å². The van der Waals surface area contributed by atoms with Crippen molar-refractivity contribution in [2.24, 2.45) is 5.92 Å². The number of aryl methyl sites for hydroxylation is 1. The number of rotatable bonds is 4. The topological polar surface area (TPSA) is 61.4 Å². The summed E-state index contributed by atoms with van der Waals surface area (Å²) in [4.78, 5) is 26.5. The second-order valence-corrected chi connectivity index (χ2v) is 8.27. The fraction of sp³-hybridized carbons (Fsp3) is 0.579. The number of hydrogen-bond donors (Lipinski definition) is 2. The van der Waals surface area contributed by atoms with Crippen LogP contribution in [-0.4, -0.2) is 53.9 Å². The van der Waals surface area contributed by atoms with Gasteiger partial charge in [0.25, 0.3) is 0 Å². The molecule has 1 atom stereocenters. The number of thioether (sulfide) groups is 1. The van der Waals surface area contributed by atoms with Crippen molar-refractivity contribution in [3.05, 3.63) is 29.6 Å². The molecule has 0 unspecified atom stereocenters. The molecular formula is C19H26FN3O2S. The summed E-state index contributed by atoms with van der Waals surface area (Å²) in [6, 6.07) is 5.09. The van der Waals surface area contributed by atoms with E-state index in [4.69, 9.17) is 0 Å². The van der Waals surface area contributed by atoms with Crippen LogP contribution in [0.15, 0.2) is 18.2 Å². The Morgan fingerprint density at radius 2 is 2.00 bits per heavy atom. The number of anilines is 1. The van der Waals surface area contributed by atoms with Crippen LogP contribution in [0, 0.1) is 18.7 Å². The molecule has 0 radical (unpaired) electrons. The van der Waals surface area contributed by atoms with E-state index in [-0.39, 0.29) is 5.69 Å². The zero-order valence-electron chi connectivity index (χ0n) is 15.1. The quantitative estimate of drug-likeness (QED) is 0.789. The molecule has 2 N–H and O–H groups in total. The van der Waals surface area contributed by atoms with Gasteiger partial charge >= 0.3 is 11.8 Å². The highest BCUT2D eigenvalue weighted by Crippen LogP contribution is 2.26. The summed E-state index contributed by atoms with van der Waals surface area (Å²) in [6.45, 7) is 4.30. The van der Waals surface area contributed by atoms with E-state index in [0.29, 0.717) is 18.0 Å². The van der Waals surface area contributed by atoms with Crippen LogP contribution in [0.1, 0.15) is 24.8 Å². The number of halogens is 1. The first-order valence-corrected chi connectivity index (χ1v) is 10.4. The fourth-order valence-electron chi connectivity index (χ4n) is 3.51. The van der Waals surface area contributed by atoms with E-state index >= 15 is 0 Å². The van der Waals surface area contributed by atoms with Gasteiger partial charge in [0.2, 0.25) is 0 Å². The van der Waals surface area contributed by atoms with Crippen molar-refractivity contribution < 1.29 is 14.0 Å². The molecule has 2 aliphatic heterocycles. The summed E-state index contributed by atoms with van der Waals surface area (Å²) < 4.78 is 13.5. The molecular weight excluding hydrogens is 353 g/mol. The number of nitrogens with one attached hydrogen (secondary N) is 2. The van der Waals surface area contributed by atoms with Gasteiger partial charge in [0, 0.05) is 24.0 Å². The third-order valence-corrected chi connectivity index (χ3v) is 6.40. The molecule has 5 nitrogen and oxygen atoms in total. The summed E-state index contributed by atoms with van der Waals surface area (Å²) in [7, 11) is 0. The molecule has 2 heterocycles. The lowest BCUT2D eigenvalue weighted by atomic mass is 9.95. The minimum absolute atomic E-state index is 0.288. The Balaban J connectivity index is 1.39. The number of nitrogens with zero attached hydrogens (tertiary/aromatic N) is 1. The average Bonchev–Trinajstić information content (AvgIpc) is 3.18. The highest BCUT2D eigenvalue weighted by Gasteiger charge is 2.27. The van der Waals surface area contributed by atoms with Gasteiger partial charge in [-0.25, -0.2) is 4.39 Å². The predicted molar refractivity (Wildman–Crippen MR) is 103 cm³/mol. The lowest BCUT2D eigenvalue weighted by Crippen LogP contribution is -2.45. The first kappa shape index (κ1) is 19.2. The van der Waals surface area contributed by atoms with Crippen molar-refractivity contribution in [1.29, 1.82) is 0 Å². The smallest absolute Gasteiger partial charge is 0.313 e. The summed E-state index contributed by atoms with van der Waals surface area (Å²) in [5.74, 6) is 1.08. The lowest BCUT2D eigenvalue weighted by Gasteiger charge is -2.35. The Labute approximate surface area is 158 Å². The van der Waals surface area contributed by atoms with E-state index in [1.165, 1.54) is 24.0 Å². The van der Waals surface area contributed by atoms with E-state index in [1.807, 2.05) is 11.8 Å². The number of likely N-dealkylation sites (tertiary alicyclic amines) is 1. The van der Waals surface area contributed by atoms with Gasteiger partial charge in [-0.1, -0.05) is 6.07 Å². The molecule has 1 aromatic rings.